The molecule has 0 radical (unpaired) electrons. The summed E-state index contributed by atoms with van der Waals surface area (Å²) >= 11 is 0. The normalized spacial score (nSPS) is 21.1. The van der Waals surface area contributed by atoms with Crippen molar-refractivity contribution >= 4 is 17.3 Å². The van der Waals surface area contributed by atoms with Crippen LogP contribution in [0.2, 0.25) is 0 Å². The molecule has 2 unspecified atom stereocenters. The second-order valence-electron chi connectivity index (χ2n) is 8.47. The van der Waals surface area contributed by atoms with Gasteiger partial charge in [-0.25, -0.2) is 13.5 Å². The predicted octanol–water partition coefficient (Wildman–Crippen LogP) is 4.97. The molecule has 31 heavy (non-hydrogen) atoms. The highest BCUT2D eigenvalue weighted by Crippen LogP contribution is 2.38. The van der Waals surface area contributed by atoms with E-state index in [2.05, 4.69) is 26.8 Å². The van der Waals surface area contributed by atoms with Crippen molar-refractivity contribution in [2.45, 2.75) is 44.8 Å². The molecule has 0 bridgehead atoms. The van der Waals surface area contributed by atoms with Gasteiger partial charge in [-0.1, -0.05) is 0 Å². The molecule has 6 nitrogen and oxygen atoms in total. The fourth-order valence-electron chi connectivity index (χ4n) is 4.18. The number of ether oxygens (including phenoxy) is 1. The number of nitrogens with one attached hydrogen (secondary N) is 2. The van der Waals surface area contributed by atoms with E-state index in [0.29, 0.717) is 18.1 Å². The number of nitrogens with zero attached hydrogens (tertiary/aromatic N) is 3. The molecule has 2 aliphatic rings. The van der Waals surface area contributed by atoms with Crippen LogP contribution in [0.3, 0.4) is 0 Å². The Balaban J connectivity index is 1.29. The zero-order valence-corrected chi connectivity index (χ0v) is 17.3. The van der Waals surface area contributed by atoms with Crippen molar-refractivity contribution in [1.82, 2.24) is 14.8 Å². The van der Waals surface area contributed by atoms with Crippen molar-refractivity contribution in [3.63, 3.8) is 0 Å². The van der Waals surface area contributed by atoms with Gasteiger partial charge < -0.3 is 15.4 Å². The van der Waals surface area contributed by atoms with Crippen molar-refractivity contribution < 1.29 is 13.5 Å². The molecule has 0 amide bonds. The van der Waals surface area contributed by atoms with Crippen LogP contribution in [0.15, 0.2) is 42.7 Å². The molecule has 1 aliphatic carbocycles. The summed E-state index contributed by atoms with van der Waals surface area (Å²) in [6.07, 6.45) is 6.42. The molecule has 3 aromatic rings. The van der Waals surface area contributed by atoms with Gasteiger partial charge in [-0.2, -0.15) is 4.98 Å². The van der Waals surface area contributed by atoms with Crippen LogP contribution >= 0.6 is 0 Å². The van der Waals surface area contributed by atoms with Crippen molar-refractivity contribution in [2.24, 2.45) is 5.92 Å². The predicted molar refractivity (Wildman–Crippen MR) is 115 cm³/mol. The first-order valence-corrected chi connectivity index (χ1v) is 10.7. The van der Waals surface area contributed by atoms with Gasteiger partial charge in [0.2, 0.25) is 5.95 Å². The summed E-state index contributed by atoms with van der Waals surface area (Å²) in [6, 6.07) is 9.79. The van der Waals surface area contributed by atoms with Gasteiger partial charge in [-0.15, -0.1) is 5.10 Å². The Labute approximate surface area is 179 Å². The number of benzene rings is 2. The number of aryl methyl sites for hydroxylation is 1. The smallest absolute Gasteiger partial charge is 0.246 e. The average Bonchev–Trinajstić information content (AvgIpc) is 3.46. The lowest BCUT2D eigenvalue weighted by Crippen LogP contribution is -2.35. The summed E-state index contributed by atoms with van der Waals surface area (Å²) in [5.41, 5.74) is 3.26. The third-order valence-electron chi connectivity index (χ3n) is 5.77. The van der Waals surface area contributed by atoms with Gasteiger partial charge in [0.15, 0.2) is 0 Å². The minimum Gasteiger partial charge on any atom is -0.382 e. The Morgan fingerprint density at radius 2 is 1.77 bits per heavy atom. The van der Waals surface area contributed by atoms with Gasteiger partial charge in [0, 0.05) is 30.1 Å². The van der Waals surface area contributed by atoms with Gasteiger partial charge in [0.05, 0.1) is 11.8 Å². The molecule has 1 saturated carbocycles. The number of hydrogen-bond donors (Lipinski definition) is 2. The van der Waals surface area contributed by atoms with Crippen molar-refractivity contribution in [2.75, 3.05) is 17.2 Å². The molecule has 1 aromatic heterocycles. The number of hydrogen-bond acceptors (Lipinski definition) is 5. The van der Waals surface area contributed by atoms with Crippen molar-refractivity contribution in [3.05, 3.63) is 59.9 Å². The van der Waals surface area contributed by atoms with E-state index >= 15 is 0 Å². The zero-order valence-electron chi connectivity index (χ0n) is 17.3. The highest BCUT2D eigenvalue weighted by atomic mass is 19.1. The molecule has 1 saturated heterocycles. The summed E-state index contributed by atoms with van der Waals surface area (Å²) in [5, 5.41) is 11.1. The van der Waals surface area contributed by atoms with Crippen LogP contribution in [-0.2, 0) is 4.74 Å². The number of anilines is 3. The van der Waals surface area contributed by atoms with Gasteiger partial charge >= 0.3 is 0 Å². The Morgan fingerprint density at radius 1 is 1.00 bits per heavy atom. The van der Waals surface area contributed by atoms with E-state index in [0.717, 1.165) is 48.4 Å². The van der Waals surface area contributed by atoms with Crippen molar-refractivity contribution in [1.29, 1.82) is 0 Å². The molecule has 2 N–H and O–H groups in total. The lowest BCUT2D eigenvalue weighted by atomic mass is 9.99. The maximum absolute atomic E-state index is 13.5. The van der Waals surface area contributed by atoms with Crippen LogP contribution in [0.5, 0.6) is 0 Å². The Hall–Kier alpha value is -3.00. The number of rotatable bonds is 6. The SMILES string of the molecule is Cc1cc(Nc2ncn(-c3cc(F)cc(F)c3)n2)cc(NC2CCOC(C3CC3)C2)c1. The molecule has 1 aliphatic heterocycles. The summed E-state index contributed by atoms with van der Waals surface area (Å²) in [4.78, 5) is 4.22. The summed E-state index contributed by atoms with van der Waals surface area (Å²) in [7, 11) is 0. The highest BCUT2D eigenvalue weighted by Gasteiger charge is 2.35. The molecule has 162 valence electrons. The van der Waals surface area contributed by atoms with Crippen molar-refractivity contribution in [3.8, 4) is 5.69 Å². The lowest BCUT2D eigenvalue weighted by molar-refractivity contribution is -0.00218. The van der Waals surface area contributed by atoms with Gasteiger partial charge in [-0.3, -0.25) is 0 Å². The molecule has 2 heterocycles. The van der Waals surface area contributed by atoms with E-state index in [1.807, 2.05) is 19.1 Å². The average molecular weight is 425 g/mol. The fourth-order valence-corrected chi connectivity index (χ4v) is 4.18. The van der Waals surface area contributed by atoms with E-state index in [-0.39, 0.29) is 5.69 Å². The minimum absolute atomic E-state index is 0.273. The van der Waals surface area contributed by atoms with Gasteiger partial charge in [-0.05, 0) is 74.4 Å². The quantitative estimate of drug-likeness (QED) is 0.584. The number of halogens is 2. The third kappa shape index (κ3) is 4.85. The Bertz CT molecular complexity index is 1060. The molecule has 2 fully saturated rings. The van der Waals surface area contributed by atoms with E-state index in [1.54, 1.807) is 0 Å². The summed E-state index contributed by atoms with van der Waals surface area (Å²) in [6.45, 7) is 2.84. The highest BCUT2D eigenvalue weighted by molar-refractivity contribution is 5.63. The maximum Gasteiger partial charge on any atom is 0.246 e. The summed E-state index contributed by atoms with van der Waals surface area (Å²) < 4.78 is 34.2. The second kappa shape index (κ2) is 8.26. The standard InChI is InChI=1S/C23H25F2N5O/c1-14-6-19(27-18-4-5-31-22(12-18)15-2-3-15)11-20(7-14)28-23-26-13-30(29-23)21-9-16(24)8-17(25)10-21/h6-11,13,15,18,22,27H,2-5,12H2,1H3,(H,28,29). The second-order valence-corrected chi connectivity index (χ2v) is 8.47. The first-order valence-electron chi connectivity index (χ1n) is 10.7. The molecule has 5 rings (SSSR count). The topological polar surface area (TPSA) is 64.0 Å². The Morgan fingerprint density at radius 3 is 2.55 bits per heavy atom. The van der Waals surface area contributed by atoms with Crippen LogP contribution in [0.4, 0.5) is 26.1 Å². The molecule has 0 spiro atoms. The van der Waals surface area contributed by atoms with E-state index < -0.39 is 11.6 Å². The summed E-state index contributed by atoms with van der Waals surface area (Å²) in [5.74, 6) is -0.230. The third-order valence-corrected chi connectivity index (χ3v) is 5.77. The molecular formula is C23H25F2N5O. The minimum atomic E-state index is -0.661. The molecule has 8 heteroatoms. The van der Waals surface area contributed by atoms with Crippen LogP contribution < -0.4 is 10.6 Å². The van der Waals surface area contributed by atoms with Crippen LogP contribution in [0.1, 0.15) is 31.2 Å². The molecule has 2 aromatic carbocycles. The maximum atomic E-state index is 13.5. The number of aromatic nitrogens is 3. The lowest BCUT2D eigenvalue weighted by Gasteiger charge is -2.31. The van der Waals surface area contributed by atoms with E-state index in [4.69, 9.17) is 4.74 Å². The van der Waals surface area contributed by atoms with E-state index in [9.17, 15) is 8.78 Å². The van der Waals surface area contributed by atoms with Crippen LogP contribution in [0.25, 0.3) is 5.69 Å². The van der Waals surface area contributed by atoms with Gasteiger partial charge in [0.1, 0.15) is 18.0 Å². The first-order chi connectivity index (χ1) is 15.0. The first kappa shape index (κ1) is 19.9. The molecular weight excluding hydrogens is 400 g/mol. The molecule has 2 atom stereocenters. The zero-order chi connectivity index (χ0) is 21.4. The van der Waals surface area contributed by atoms with Gasteiger partial charge in [0.25, 0.3) is 0 Å². The van der Waals surface area contributed by atoms with E-state index in [1.165, 1.54) is 36.0 Å². The van der Waals surface area contributed by atoms with Crippen LogP contribution in [-0.4, -0.2) is 33.5 Å². The largest absolute Gasteiger partial charge is 0.382 e. The Kier molecular flexibility index (Phi) is 5.31. The fraction of sp³-hybridized carbons (Fsp3) is 0.391. The van der Waals surface area contributed by atoms with Crippen LogP contribution in [0, 0.1) is 24.5 Å². The monoisotopic (exact) mass is 425 g/mol.